The Morgan fingerprint density at radius 2 is 1.59 bits per heavy atom. The van der Waals surface area contributed by atoms with E-state index in [0.717, 1.165) is 5.56 Å². The molecule has 0 unspecified atom stereocenters. The van der Waals surface area contributed by atoms with Crippen LogP contribution in [-0.2, 0) is 27.3 Å². The number of benzene rings is 2. The van der Waals surface area contributed by atoms with E-state index in [0.29, 0.717) is 11.3 Å². The maximum absolute atomic E-state index is 13.3. The van der Waals surface area contributed by atoms with Crippen LogP contribution >= 0.6 is 24.2 Å². The molecule has 0 saturated heterocycles. The smallest absolute Gasteiger partial charge is 0.326 e. The lowest BCUT2D eigenvalue weighted by molar-refractivity contribution is -0.142. The predicted molar refractivity (Wildman–Crippen MR) is 147 cm³/mol. The fourth-order valence-corrected chi connectivity index (χ4v) is 4.12. The number of halogens is 1. The molecule has 0 fully saturated rings. The highest BCUT2D eigenvalue weighted by Gasteiger charge is 2.30. The molecule has 11 heteroatoms. The van der Waals surface area contributed by atoms with Crippen LogP contribution < -0.4 is 16.0 Å². The van der Waals surface area contributed by atoms with E-state index in [4.69, 9.17) is 0 Å². The average molecular weight is 554 g/mol. The standard InChI is InChI=1S/C26H35N3O6S.ClH/c1-16(2)23(27-15-18-14-19(30)9-10-22(18)31)25(33)29-21(13-17-7-5-4-6-8-17)24(32)28-20(26(34)35)11-12-36-3;/h4-10,14,16,20-21,23,27,30-31H,11-13,15H2,1-3H3,(H,28,32)(H,29,33)(H,34,35);1H/t20-,21-,23-;/m0./s1. The van der Waals surface area contributed by atoms with Crippen LogP contribution in [-0.4, -0.2) is 63.2 Å². The van der Waals surface area contributed by atoms with E-state index >= 15 is 0 Å². The number of amides is 2. The summed E-state index contributed by atoms with van der Waals surface area (Å²) in [5.74, 6) is -1.77. The lowest BCUT2D eigenvalue weighted by atomic mass is 10.00. The van der Waals surface area contributed by atoms with E-state index in [9.17, 15) is 29.7 Å². The second-order valence-corrected chi connectivity index (χ2v) is 9.83. The van der Waals surface area contributed by atoms with Gasteiger partial charge in [-0.25, -0.2) is 4.79 Å². The topological polar surface area (TPSA) is 148 Å². The maximum Gasteiger partial charge on any atom is 0.326 e. The number of aliphatic carboxylic acids is 1. The van der Waals surface area contributed by atoms with E-state index in [-0.39, 0.29) is 49.2 Å². The first-order valence-corrected chi connectivity index (χ1v) is 13.1. The number of hydrogen-bond acceptors (Lipinski definition) is 7. The second kappa shape index (κ2) is 16.0. The molecule has 0 aromatic heterocycles. The van der Waals surface area contributed by atoms with Gasteiger partial charge in [0, 0.05) is 18.5 Å². The van der Waals surface area contributed by atoms with Gasteiger partial charge in [-0.05, 0) is 48.1 Å². The van der Waals surface area contributed by atoms with Gasteiger partial charge in [0.2, 0.25) is 11.8 Å². The van der Waals surface area contributed by atoms with Gasteiger partial charge in [0.1, 0.15) is 23.6 Å². The second-order valence-electron chi connectivity index (χ2n) is 8.85. The summed E-state index contributed by atoms with van der Waals surface area (Å²) in [6.07, 6.45) is 2.30. The number of carboxylic acid groups (broad SMARTS) is 1. The number of carboxylic acids is 1. The molecule has 6 N–H and O–H groups in total. The Labute approximate surface area is 227 Å². The molecular formula is C26H36ClN3O6S. The molecule has 0 heterocycles. The Morgan fingerprint density at radius 1 is 0.946 bits per heavy atom. The summed E-state index contributed by atoms with van der Waals surface area (Å²) >= 11 is 1.48. The van der Waals surface area contributed by atoms with E-state index in [2.05, 4.69) is 16.0 Å². The Morgan fingerprint density at radius 3 is 2.19 bits per heavy atom. The summed E-state index contributed by atoms with van der Waals surface area (Å²) in [7, 11) is 0. The largest absolute Gasteiger partial charge is 0.508 e. The number of thioether (sulfide) groups is 1. The van der Waals surface area contributed by atoms with Crippen LogP contribution in [0.25, 0.3) is 0 Å². The first kappa shape index (κ1) is 32.1. The van der Waals surface area contributed by atoms with Crippen LogP contribution in [0.4, 0.5) is 0 Å². The molecule has 37 heavy (non-hydrogen) atoms. The van der Waals surface area contributed by atoms with Gasteiger partial charge in [0.25, 0.3) is 0 Å². The zero-order valence-corrected chi connectivity index (χ0v) is 22.8. The summed E-state index contributed by atoms with van der Waals surface area (Å²) in [6, 6.07) is 10.5. The van der Waals surface area contributed by atoms with Crippen molar-refractivity contribution < 1.29 is 29.7 Å². The first-order valence-electron chi connectivity index (χ1n) is 11.7. The number of hydrogen-bond donors (Lipinski definition) is 6. The number of carbonyl (C=O) groups excluding carboxylic acids is 2. The highest BCUT2D eigenvalue weighted by Crippen LogP contribution is 2.22. The third-order valence-electron chi connectivity index (χ3n) is 5.67. The van der Waals surface area contributed by atoms with Crippen LogP contribution in [0.3, 0.4) is 0 Å². The van der Waals surface area contributed by atoms with Gasteiger partial charge < -0.3 is 31.3 Å². The Balaban J connectivity index is 0.00000684. The van der Waals surface area contributed by atoms with Gasteiger partial charge >= 0.3 is 5.97 Å². The molecule has 0 bridgehead atoms. The quantitative estimate of drug-likeness (QED) is 0.196. The first-order chi connectivity index (χ1) is 17.1. The van der Waals surface area contributed by atoms with Crippen molar-refractivity contribution in [3.05, 3.63) is 59.7 Å². The zero-order valence-electron chi connectivity index (χ0n) is 21.1. The van der Waals surface area contributed by atoms with Crippen molar-refractivity contribution in [3.8, 4) is 11.5 Å². The molecule has 2 aromatic carbocycles. The molecular weight excluding hydrogens is 518 g/mol. The molecule has 0 spiro atoms. The summed E-state index contributed by atoms with van der Waals surface area (Å²) in [4.78, 5) is 38.1. The molecule has 3 atom stereocenters. The van der Waals surface area contributed by atoms with Crippen LogP contribution in [0.15, 0.2) is 48.5 Å². The minimum absolute atomic E-state index is 0. The third kappa shape index (κ3) is 10.5. The van der Waals surface area contributed by atoms with E-state index in [1.807, 2.05) is 50.4 Å². The molecule has 9 nitrogen and oxygen atoms in total. The fraction of sp³-hybridized carbons (Fsp3) is 0.423. The van der Waals surface area contributed by atoms with Gasteiger partial charge in [-0.15, -0.1) is 12.4 Å². The molecule has 2 amide bonds. The van der Waals surface area contributed by atoms with Crippen LogP contribution in [0.5, 0.6) is 11.5 Å². The van der Waals surface area contributed by atoms with Crippen LogP contribution in [0, 0.1) is 5.92 Å². The summed E-state index contributed by atoms with van der Waals surface area (Å²) in [6.45, 7) is 3.80. The van der Waals surface area contributed by atoms with Gasteiger partial charge in [-0.1, -0.05) is 44.2 Å². The highest BCUT2D eigenvalue weighted by atomic mass is 35.5. The number of aromatic hydroxyl groups is 2. The lowest BCUT2D eigenvalue weighted by Crippen LogP contribution is -2.56. The Kier molecular flexibility index (Phi) is 13.9. The number of rotatable bonds is 14. The molecule has 0 saturated carbocycles. The van der Waals surface area contributed by atoms with Crippen molar-refractivity contribution in [3.63, 3.8) is 0 Å². The van der Waals surface area contributed by atoms with Gasteiger partial charge in [-0.3, -0.25) is 9.59 Å². The van der Waals surface area contributed by atoms with Crippen LogP contribution in [0.2, 0.25) is 0 Å². The Bertz CT molecular complexity index is 1020. The summed E-state index contributed by atoms with van der Waals surface area (Å²) in [5, 5.41) is 37.7. The average Bonchev–Trinajstić information content (AvgIpc) is 2.83. The summed E-state index contributed by atoms with van der Waals surface area (Å²) < 4.78 is 0. The predicted octanol–water partition coefficient (Wildman–Crippen LogP) is 2.68. The van der Waals surface area contributed by atoms with Crippen LogP contribution in [0.1, 0.15) is 31.4 Å². The third-order valence-corrected chi connectivity index (χ3v) is 6.31. The number of nitrogens with one attached hydrogen (secondary N) is 3. The van der Waals surface area contributed by atoms with E-state index in [1.54, 1.807) is 0 Å². The van der Waals surface area contributed by atoms with Gasteiger partial charge in [-0.2, -0.15) is 11.8 Å². The van der Waals surface area contributed by atoms with Crippen molar-refractivity contribution >= 4 is 42.0 Å². The van der Waals surface area contributed by atoms with Crippen molar-refractivity contribution in [2.75, 3.05) is 12.0 Å². The van der Waals surface area contributed by atoms with Gasteiger partial charge in [0.05, 0.1) is 6.04 Å². The number of carbonyl (C=O) groups is 3. The van der Waals surface area contributed by atoms with E-state index < -0.39 is 35.9 Å². The highest BCUT2D eigenvalue weighted by molar-refractivity contribution is 7.98. The van der Waals surface area contributed by atoms with Crippen molar-refractivity contribution in [2.45, 2.75) is 51.4 Å². The van der Waals surface area contributed by atoms with Crippen molar-refractivity contribution in [1.29, 1.82) is 0 Å². The number of phenols is 2. The number of phenolic OH excluding ortho intramolecular Hbond substituents is 2. The molecule has 2 aromatic rings. The minimum atomic E-state index is -1.13. The maximum atomic E-state index is 13.3. The molecule has 0 radical (unpaired) electrons. The van der Waals surface area contributed by atoms with Crippen molar-refractivity contribution in [1.82, 2.24) is 16.0 Å². The molecule has 204 valence electrons. The molecule has 0 aliphatic rings. The normalized spacial score (nSPS) is 13.2. The Hall–Kier alpha value is -2.95. The molecule has 0 aliphatic heterocycles. The lowest BCUT2D eigenvalue weighted by Gasteiger charge is -2.26. The molecule has 0 aliphatic carbocycles. The van der Waals surface area contributed by atoms with E-state index in [1.165, 1.54) is 30.0 Å². The monoisotopic (exact) mass is 553 g/mol. The van der Waals surface area contributed by atoms with Crippen molar-refractivity contribution in [2.24, 2.45) is 5.92 Å². The zero-order chi connectivity index (χ0) is 26.7. The molecule has 2 rings (SSSR count). The minimum Gasteiger partial charge on any atom is -0.508 e. The van der Waals surface area contributed by atoms with Gasteiger partial charge in [0.15, 0.2) is 0 Å². The fourth-order valence-electron chi connectivity index (χ4n) is 3.65. The summed E-state index contributed by atoms with van der Waals surface area (Å²) in [5.41, 5.74) is 1.23. The SMILES string of the molecule is CSCC[C@H](NC(=O)[C@H](Cc1ccccc1)NC(=O)[C@@H](NCc1cc(O)ccc1O)C(C)C)C(=O)O.Cl.